The van der Waals surface area contributed by atoms with E-state index in [4.69, 9.17) is 14.5 Å². The van der Waals surface area contributed by atoms with Gasteiger partial charge < -0.3 is 20.1 Å². The fourth-order valence-corrected chi connectivity index (χ4v) is 5.05. The van der Waals surface area contributed by atoms with E-state index in [-0.39, 0.29) is 5.54 Å². The molecule has 7 rings (SSSR count). The van der Waals surface area contributed by atoms with Crippen LogP contribution in [0.15, 0.2) is 66.4 Å². The molecule has 1 spiro atoms. The monoisotopic (exact) mass is 507 g/mol. The molecule has 11 heteroatoms. The van der Waals surface area contributed by atoms with Gasteiger partial charge in [0.05, 0.1) is 5.52 Å². The van der Waals surface area contributed by atoms with Crippen molar-refractivity contribution in [2.24, 2.45) is 4.99 Å². The first-order valence-electron chi connectivity index (χ1n) is 12.6. The SMILES string of the molecule is Cc1cc(Nc2ncnc3ccc(NC4=NC5(CCCC5)CO4)cc23)ccc1Oc1cc2nncn2cn1. The van der Waals surface area contributed by atoms with Crippen LogP contribution in [0.25, 0.3) is 16.6 Å². The normalized spacial score (nSPS) is 16.1. The number of aliphatic imine (C=N–C) groups is 1. The van der Waals surface area contributed by atoms with Crippen LogP contribution in [0.5, 0.6) is 11.6 Å². The van der Waals surface area contributed by atoms with Crippen molar-refractivity contribution in [1.29, 1.82) is 0 Å². The van der Waals surface area contributed by atoms with Crippen LogP contribution in [-0.4, -0.2) is 47.7 Å². The second-order valence-electron chi connectivity index (χ2n) is 9.75. The van der Waals surface area contributed by atoms with E-state index in [0.717, 1.165) is 40.7 Å². The number of amidine groups is 1. The Balaban J connectivity index is 1.11. The van der Waals surface area contributed by atoms with E-state index in [9.17, 15) is 0 Å². The molecule has 0 unspecified atom stereocenters. The smallest absolute Gasteiger partial charge is 0.289 e. The highest BCUT2D eigenvalue weighted by Crippen LogP contribution is 2.37. The molecular weight excluding hydrogens is 482 g/mol. The molecule has 5 aromatic rings. The Morgan fingerprint density at radius 1 is 0.947 bits per heavy atom. The van der Waals surface area contributed by atoms with Crippen molar-refractivity contribution in [2.75, 3.05) is 17.2 Å². The van der Waals surface area contributed by atoms with E-state index in [1.54, 1.807) is 29.4 Å². The number of aryl methyl sites for hydroxylation is 1. The summed E-state index contributed by atoms with van der Waals surface area (Å²) in [6.07, 6.45) is 9.38. The number of fused-ring (bicyclic) bond motifs is 2. The maximum absolute atomic E-state index is 6.00. The van der Waals surface area contributed by atoms with Gasteiger partial charge in [0.1, 0.15) is 42.7 Å². The van der Waals surface area contributed by atoms with E-state index in [1.165, 1.54) is 12.8 Å². The fraction of sp³-hybridized carbons (Fsp3) is 0.259. The van der Waals surface area contributed by atoms with Crippen LogP contribution >= 0.6 is 0 Å². The summed E-state index contributed by atoms with van der Waals surface area (Å²) in [5.74, 6) is 1.85. The first-order chi connectivity index (χ1) is 18.6. The first kappa shape index (κ1) is 22.4. The number of anilines is 3. The minimum absolute atomic E-state index is 0.0396. The average molecular weight is 508 g/mol. The Hall–Kier alpha value is -4.80. The number of rotatable bonds is 5. The van der Waals surface area contributed by atoms with Crippen molar-refractivity contribution >= 4 is 39.8 Å². The van der Waals surface area contributed by atoms with Crippen LogP contribution in [0.2, 0.25) is 0 Å². The summed E-state index contributed by atoms with van der Waals surface area (Å²) in [5, 5.41) is 15.6. The van der Waals surface area contributed by atoms with Crippen LogP contribution in [0.4, 0.5) is 17.2 Å². The Morgan fingerprint density at radius 2 is 1.82 bits per heavy atom. The topological polar surface area (TPSA) is 124 Å². The summed E-state index contributed by atoms with van der Waals surface area (Å²) in [6.45, 7) is 2.64. The molecule has 0 amide bonds. The maximum atomic E-state index is 6.00. The molecule has 0 bridgehead atoms. The van der Waals surface area contributed by atoms with Crippen molar-refractivity contribution in [3.05, 3.63) is 67.0 Å². The van der Waals surface area contributed by atoms with Crippen LogP contribution < -0.4 is 15.4 Å². The highest BCUT2D eigenvalue weighted by Gasteiger charge is 2.39. The number of hydrogen-bond acceptors (Lipinski definition) is 10. The maximum Gasteiger partial charge on any atom is 0.289 e. The van der Waals surface area contributed by atoms with Gasteiger partial charge in [0.25, 0.3) is 6.02 Å². The third-order valence-electron chi connectivity index (χ3n) is 7.05. The number of nitrogens with one attached hydrogen (secondary N) is 2. The Kier molecular flexibility index (Phi) is 5.27. The quantitative estimate of drug-likeness (QED) is 0.337. The van der Waals surface area contributed by atoms with Crippen molar-refractivity contribution in [3.63, 3.8) is 0 Å². The fourth-order valence-electron chi connectivity index (χ4n) is 5.05. The average Bonchev–Trinajstić information content (AvgIpc) is 3.68. The Bertz CT molecular complexity index is 1690. The summed E-state index contributed by atoms with van der Waals surface area (Å²) in [4.78, 5) is 18.1. The van der Waals surface area contributed by atoms with Gasteiger partial charge in [-0.3, -0.25) is 4.40 Å². The molecule has 3 aromatic heterocycles. The lowest BCUT2D eigenvalue weighted by atomic mass is 10.0. The van der Waals surface area contributed by atoms with Gasteiger partial charge in [-0.05, 0) is 61.7 Å². The van der Waals surface area contributed by atoms with Gasteiger partial charge in [-0.1, -0.05) is 12.8 Å². The summed E-state index contributed by atoms with van der Waals surface area (Å²) < 4.78 is 13.6. The van der Waals surface area contributed by atoms with E-state index in [2.05, 4.69) is 35.8 Å². The third kappa shape index (κ3) is 4.21. The molecule has 0 saturated heterocycles. The summed E-state index contributed by atoms with van der Waals surface area (Å²) in [5.41, 5.74) is 4.15. The number of aromatic nitrogens is 6. The highest BCUT2D eigenvalue weighted by molar-refractivity contribution is 5.97. The lowest BCUT2D eigenvalue weighted by Crippen LogP contribution is -2.22. The van der Waals surface area contributed by atoms with Crippen molar-refractivity contribution < 1.29 is 9.47 Å². The number of ether oxygens (including phenoxy) is 2. The van der Waals surface area contributed by atoms with Crippen molar-refractivity contribution in [3.8, 4) is 11.6 Å². The zero-order valence-electron chi connectivity index (χ0n) is 20.8. The van der Waals surface area contributed by atoms with Gasteiger partial charge in [-0.25, -0.2) is 19.9 Å². The molecule has 1 fully saturated rings. The zero-order chi connectivity index (χ0) is 25.5. The van der Waals surface area contributed by atoms with Gasteiger partial charge in [-0.15, -0.1) is 10.2 Å². The third-order valence-corrected chi connectivity index (χ3v) is 7.05. The molecule has 11 nitrogen and oxygen atoms in total. The number of nitrogens with zero attached hydrogens (tertiary/aromatic N) is 7. The van der Waals surface area contributed by atoms with Gasteiger partial charge in [0.2, 0.25) is 5.88 Å². The lowest BCUT2D eigenvalue weighted by Gasteiger charge is -2.14. The predicted octanol–water partition coefficient (Wildman–Crippen LogP) is 5.02. The van der Waals surface area contributed by atoms with Crippen LogP contribution in [-0.2, 0) is 4.74 Å². The lowest BCUT2D eigenvalue weighted by molar-refractivity contribution is 0.257. The molecule has 1 aliphatic heterocycles. The summed E-state index contributed by atoms with van der Waals surface area (Å²) in [7, 11) is 0. The number of benzene rings is 2. The molecule has 190 valence electrons. The zero-order valence-corrected chi connectivity index (χ0v) is 20.8. The Labute approximate surface area is 218 Å². The predicted molar refractivity (Wildman–Crippen MR) is 143 cm³/mol. The van der Waals surface area contributed by atoms with E-state index in [0.29, 0.717) is 35.7 Å². The van der Waals surface area contributed by atoms with Crippen LogP contribution in [0, 0.1) is 6.92 Å². The molecule has 0 radical (unpaired) electrons. The molecule has 4 heterocycles. The van der Waals surface area contributed by atoms with Crippen molar-refractivity contribution in [1.82, 2.24) is 29.5 Å². The van der Waals surface area contributed by atoms with Gasteiger partial charge in [0, 0.05) is 22.8 Å². The minimum Gasteiger partial charge on any atom is -0.462 e. The molecule has 2 aliphatic rings. The molecular formula is C27H25N9O2. The Morgan fingerprint density at radius 3 is 2.71 bits per heavy atom. The largest absolute Gasteiger partial charge is 0.462 e. The first-order valence-corrected chi connectivity index (χ1v) is 12.6. The van der Waals surface area contributed by atoms with Gasteiger partial charge >= 0.3 is 0 Å². The van der Waals surface area contributed by atoms with E-state index < -0.39 is 0 Å². The second-order valence-corrected chi connectivity index (χ2v) is 9.75. The number of hydrogen-bond donors (Lipinski definition) is 2. The minimum atomic E-state index is -0.0396. The van der Waals surface area contributed by atoms with Crippen LogP contribution in [0.3, 0.4) is 0 Å². The molecule has 1 aliphatic carbocycles. The van der Waals surface area contributed by atoms with Gasteiger partial charge in [-0.2, -0.15) is 0 Å². The summed E-state index contributed by atoms with van der Waals surface area (Å²) in [6, 6.07) is 14.1. The molecule has 2 aromatic carbocycles. The second kappa shape index (κ2) is 8.94. The highest BCUT2D eigenvalue weighted by atomic mass is 16.5. The molecule has 1 saturated carbocycles. The summed E-state index contributed by atoms with van der Waals surface area (Å²) >= 11 is 0. The molecule has 38 heavy (non-hydrogen) atoms. The molecule has 0 atom stereocenters. The molecule has 2 N–H and O–H groups in total. The van der Waals surface area contributed by atoms with Gasteiger partial charge in [0.15, 0.2) is 5.65 Å². The van der Waals surface area contributed by atoms with E-state index in [1.807, 2.05) is 43.3 Å². The van der Waals surface area contributed by atoms with Crippen molar-refractivity contribution in [2.45, 2.75) is 38.1 Å². The standard InChI is InChI=1S/C27H25N9O2/c1-17-10-18(5-7-22(17)38-24-12-23-35-31-16-36(23)15-30-24)32-25-20-11-19(4-6-21(20)28-14-29-25)33-26-34-27(13-37-26)8-2-3-9-27/h4-7,10-12,14-16H,2-3,8-9,13H2,1H3,(H,33,34)(H,28,29,32). The van der Waals surface area contributed by atoms with Crippen LogP contribution in [0.1, 0.15) is 31.2 Å². The van der Waals surface area contributed by atoms with E-state index >= 15 is 0 Å².